The first kappa shape index (κ1) is 18.0. The Bertz CT molecular complexity index is 924. The van der Waals surface area contributed by atoms with Gasteiger partial charge in [-0.1, -0.05) is 17.8 Å². The summed E-state index contributed by atoms with van der Waals surface area (Å²) in [6.07, 6.45) is 4.38. The zero-order valence-corrected chi connectivity index (χ0v) is 15.8. The standard InChI is InChI=1S/C18H20N2O3S2/c1-14-7-8-17-16(12-14)20(10-5-11-25(21,22)23)18(24-17)13-15-6-3-4-9-19(15)2/h3-4,6-9,12-13H,5,10-11H2,1-2H3. The summed E-state index contributed by atoms with van der Waals surface area (Å²) in [5.74, 6) is -0.346. The Hall–Kier alpha value is -1.83. The van der Waals surface area contributed by atoms with Crippen molar-refractivity contribution in [3.8, 4) is 0 Å². The molecule has 3 rings (SSSR count). The van der Waals surface area contributed by atoms with Crippen LogP contribution in [-0.4, -0.2) is 25.3 Å². The maximum atomic E-state index is 10.9. The first-order valence-corrected chi connectivity index (χ1v) is 10.4. The average molecular weight is 377 g/mol. The number of benzene rings is 1. The van der Waals surface area contributed by atoms with Gasteiger partial charge in [0.15, 0.2) is 6.20 Å². The summed E-state index contributed by atoms with van der Waals surface area (Å²) >= 11 is 1.66. The van der Waals surface area contributed by atoms with E-state index < -0.39 is 10.1 Å². The van der Waals surface area contributed by atoms with Crippen molar-refractivity contribution in [1.29, 1.82) is 0 Å². The molecule has 5 nitrogen and oxygen atoms in total. The van der Waals surface area contributed by atoms with E-state index in [1.165, 1.54) is 0 Å². The number of nitrogens with zero attached hydrogens (tertiary/aromatic N) is 2. The van der Waals surface area contributed by atoms with Crippen molar-refractivity contribution in [2.45, 2.75) is 18.2 Å². The molecule has 0 radical (unpaired) electrons. The van der Waals surface area contributed by atoms with Crippen molar-refractivity contribution >= 4 is 33.6 Å². The second kappa shape index (κ2) is 7.19. The predicted molar refractivity (Wildman–Crippen MR) is 99.2 cm³/mol. The van der Waals surface area contributed by atoms with Gasteiger partial charge in [-0.05, 0) is 37.1 Å². The van der Waals surface area contributed by atoms with E-state index in [0.717, 1.165) is 26.9 Å². The molecule has 0 unspecified atom stereocenters. The fraction of sp³-hybridized carbons (Fsp3) is 0.278. The highest BCUT2D eigenvalue weighted by atomic mass is 32.2. The summed E-state index contributed by atoms with van der Waals surface area (Å²) in [6, 6.07) is 12.2. The van der Waals surface area contributed by atoms with Gasteiger partial charge < -0.3 is 9.45 Å². The number of hydrogen-bond donors (Lipinski definition) is 0. The van der Waals surface area contributed by atoms with E-state index in [2.05, 4.69) is 29.2 Å². The van der Waals surface area contributed by atoms with Crippen molar-refractivity contribution < 1.29 is 17.5 Å². The normalized spacial score (nSPS) is 15.6. The number of rotatable bonds is 5. The minimum Gasteiger partial charge on any atom is -0.748 e. The molecule has 0 aliphatic carbocycles. The van der Waals surface area contributed by atoms with Gasteiger partial charge in [-0.25, -0.2) is 13.0 Å². The van der Waals surface area contributed by atoms with Crippen LogP contribution in [0, 0.1) is 6.92 Å². The Morgan fingerprint density at radius 1 is 1.28 bits per heavy atom. The fourth-order valence-corrected chi connectivity index (χ4v) is 4.36. The largest absolute Gasteiger partial charge is 0.748 e. The van der Waals surface area contributed by atoms with Gasteiger partial charge in [0.25, 0.3) is 0 Å². The van der Waals surface area contributed by atoms with Gasteiger partial charge in [-0.15, -0.1) is 0 Å². The van der Waals surface area contributed by atoms with E-state index in [0.29, 0.717) is 13.0 Å². The van der Waals surface area contributed by atoms with Crippen LogP contribution in [0.3, 0.4) is 0 Å². The summed E-state index contributed by atoms with van der Waals surface area (Å²) in [6.45, 7) is 2.53. The van der Waals surface area contributed by atoms with E-state index in [4.69, 9.17) is 0 Å². The number of fused-ring (bicyclic) bond motifs is 1. The molecule has 1 aliphatic heterocycles. The van der Waals surface area contributed by atoms with E-state index in [1.54, 1.807) is 11.8 Å². The van der Waals surface area contributed by atoms with Crippen LogP contribution in [0.5, 0.6) is 0 Å². The lowest BCUT2D eigenvalue weighted by molar-refractivity contribution is -0.673. The van der Waals surface area contributed by atoms with Gasteiger partial charge in [0, 0.05) is 35.4 Å². The number of anilines is 1. The van der Waals surface area contributed by atoms with Crippen LogP contribution in [0.25, 0.3) is 6.08 Å². The molecule has 1 aliphatic rings. The lowest BCUT2D eigenvalue weighted by atomic mass is 10.2. The minimum atomic E-state index is -4.19. The molecular formula is C18H20N2O3S2. The monoisotopic (exact) mass is 376 g/mol. The molecule has 0 saturated heterocycles. The quantitative estimate of drug-likeness (QED) is 0.593. The summed E-state index contributed by atoms with van der Waals surface area (Å²) in [5.41, 5.74) is 3.27. The first-order valence-electron chi connectivity index (χ1n) is 7.99. The SMILES string of the molecule is Cc1ccc2c(c1)N(CCCS(=O)(=O)[O-])C(=Cc1cccc[n+]1C)S2. The van der Waals surface area contributed by atoms with Crippen molar-refractivity contribution in [2.24, 2.45) is 7.05 Å². The molecule has 0 fully saturated rings. The molecule has 7 heteroatoms. The highest BCUT2D eigenvalue weighted by Crippen LogP contribution is 2.46. The Morgan fingerprint density at radius 3 is 2.80 bits per heavy atom. The molecule has 0 spiro atoms. The zero-order valence-electron chi connectivity index (χ0n) is 14.2. The molecule has 132 valence electrons. The van der Waals surface area contributed by atoms with Crippen molar-refractivity contribution in [1.82, 2.24) is 0 Å². The van der Waals surface area contributed by atoms with Gasteiger partial charge in [-0.2, -0.15) is 0 Å². The second-order valence-electron chi connectivity index (χ2n) is 6.06. The minimum absolute atomic E-state index is 0.304. The van der Waals surface area contributed by atoms with E-state index in [1.807, 2.05) is 42.9 Å². The lowest BCUT2D eigenvalue weighted by Gasteiger charge is -2.21. The number of thioether (sulfide) groups is 1. The summed E-state index contributed by atoms with van der Waals surface area (Å²) in [5, 5.41) is 1.03. The predicted octanol–water partition coefficient (Wildman–Crippen LogP) is 2.67. The maximum absolute atomic E-state index is 10.9. The van der Waals surface area contributed by atoms with Crippen LogP contribution in [0.15, 0.2) is 52.5 Å². The van der Waals surface area contributed by atoms with Crippen LogP contribution < -0.4 is 9.47 Å². The highest BCUT2D eigenvalue weighted by Gasteiger charge is 2.26. The number of aryl methyl sites for hydroxylation is 2. The van der Waals surface area contributed by atoms with Crippen molar-refractivity contribution in [3.05, 3.63) is 58.9 Å². The molecule has 0 bridgehead atoms. The van der Waals surface area contributed by atoms with E-state index in [9.17, 15) is 13.0 Å². The molecule has 0 atom stereocenters. The number of pyridine rings is 1. The first-order chi connectivity index (χ1) is 11.8. The maximum Gasteiger partial charge on any atom is 0.207 e. The van der Waals surface area contributed by atoms with E-state index >= 15 is 0 Å². The second-order valence-corrected chi connectivity index (χ2v) is 8.65. The zero-order chi connectivity index (χ0) is 18.0. The van der Waals surface area contributed by atoms with Gasteiger partial charge in [0.05, 0.1) is 20.8 Å². The summed E-state index contributed by atoms with van der Waals surface area (Å²) in [4.78, 5) is 3.24. The van der Waals surface area contributed by atoms with Gasteiger partial charge in [0.2, 0.25) is 5.69 Å². The Balaban J connectivity index is 1.93. The Morgan fingerprint density at radius 2 is 2.08 bits per heavy atom. The molecule has 0 amide bonds. The highest BCUT2D eigenvalue weighted by molar-refractivity contribution is 8.03. The molecule has 25 heavy (non-hydrogen) atoms. The fourth-order valence-electron chi connectivity index (χ4n) is 2.76. The third-order valence-electron chi connectivity index (χ3n) is 4.03. The molecule has 2 heterocycles. The molecule has 1 aromatic carbocycles. The summed E-state index contributed by atoms with van der Waals surface area (Å²) < 4.78 is 34.8. The molecular weight excluding hydrogens is 356 g/mol. The molecule has 2 aromatic rings. The average Bonchev–Trinajstić information content (AvgIpc) is 2.86. The van der Waals surface area contributed by atoms with Crippen LogP contribution >= 0.6 is 11.8 Å². The topological polar surface area (TPSA) is 64.3 Å². The van der Waals surface area contributed by atoms with Gasteiger partial charge >= 0.3 is 0 Å². The van der Waals surface area contributed by atoms with Crippen molar-refractivity contribution in [2.75, 3.05) is 17.2 Å². The summed E-state index contributed by atoms with van der Waals surface area (Å²) in [7, 11) is -2.21. The van der Waals surface area contributed by atoms with Gasteiger partial charge in [-0.3, -0.25) is 0 Å². The van der Waals surface area contributed by atoms with Crippen LogP contribution in [-0.2, 0) is 17.2 Å². The molecule has 0 saturated carbocycles. The Labute approximate surface area is 152 Å². The van der Waals surface area contributed by atoms with Gasteiger partial charge in [0.1, 0.15) is 7.05 Å². The Kier molecular flexibility index (Phi) is 5.17. The van der Waals surface area contributed by atoms with E-state index in [-0.39, 0.29) is 5.75 Å². The third-order valence-corrected chi connectivity index (χ3v) is 5.93. The van der Waals surface area contributed by atoms with Crippen molar-refractivity contribution in [3.63, 3.8) is 0 Å². The third kappa shape index (κ3) is 4.42. The van der Waals surface area contributed by atoms with Crippen LogP contribution in [0.2, 0.25) is 0 Å². The molecule has 1 aromatic heterocycles. The smallest absolute Gasteiger partial charge is 0.207 e. The molecule has 0 N–H and O–H groups in total. The van der Waals surface area contributed by atoms with Crippen LogP contribution in [0.1, 0.15) is 17.7 Å². The van der Waals surface area contributed by atoms with Crippen LogP contribution in [0.4, 0.5) is 5.69 Å². The number of hydrogen-bond acceptors (Lipinski definition) is 5. The number of aromatic nitrogens is 1. The lowest BCUT2D eigenvalue weighted by Crippen LogP contribution is -2.31.